The highest BCUT2D eigenvalue weighted by Crippen LogP contribution is 2.25. The van der Waals surface area contributed by atoms with Crippen molar-refractivity contribution in [3.63, 3.8) is 0 Å². The smallest absolute Gasteiger partial charge is 0.163 e. The van der Waals surface area contributed by atoms with Gasteiger partial charge in [-0.3, -0.25) is 0 Å². The Morgan fingerprint density at radius 1 is 1.40 bits per heavy atom. The average molecular weight is 148 g/mol. The number of hydrogen-bond acceptors (Lipinski definition) is 2. The van der Waals surface area contributed by atoms with Gasteiger partial charge in [-0.25, -0.2) is 0 Å². The van der Waals surface area contributed by atoms with Crippen LogP contribution in [0.4, 0.5) is 13.2 Å². The summed E-state index contributed by atoms with van der Waals surface area (Å²) in [7, 11) is 0. The third kappa shape index (κ3) is 1.43. The van der Waals surface area contributed by atoms with Gasteiger partial charge in [-0.1, -0.05) is 4.99 Å². The first-order chi connectivity index (χ1) is 4.61. The Morgan fingerprint density at radius 2 is 2.10 bits per heavy atom. The van der Waals surface area contributed by atoms with Crippen LogP contribution in [0.5, 0.6) is 0 Å². The minimum Gasteiger partial charge on any atom is -0.163 e. The maximum atomic E-state index is 11.7. The zero-order valence-electron chi connectivity index (χ0n) is 4.76. The fraction of sp³-hybridized carbons (Fsp3) is 0.200. The summed E-state index contributed by atoms with van der Waals surface area (Å²) in [6, 6.07) is 0. The molecule has 0 fully saturated rings. The molecule has 0 aromatic carbocycles. The lowest BCUT2D eigenvalue weighted by molar-refractivity contribution is -0.0922. The number of hydrogen-bond donors (Lipinski definition) is 0. The molecule has 53 valence electrons. The minimum absolute atomic E-state index is 0.819. The van der Waals surface area contributed by atoms with Crippen LogP contribution >= 0.6 is 0 Å². The van der Waals surface area contributed by atoms with Crippen molar-refractivity contribution in [1.82, 2.24) is 4.99 Å². The number of aliphatic imine (C=N–C) groups is 2. The van der Waals surface area contributed by atoms with Crippen molar-refractivity contribution in [1.29, 1.82) is 0 Å². The summed E-state index contributed by atoms with van der Waals surface area (Å²) in [5.41, 5.74) is -0.914. The van der Waals surface area contributed by atoms with Gasteiger partial charge in [0.15, 0.2) is 0 Å². The van der Waals surface area contributed by atoms with Crippen molar-refractivity contribution < 1.29 is 13.2 Å². The summed E-state index contributed by atoms with van der Waals surface area (Å²) in [5, 5.41) is 0. The van der Waals surface area contributed by atoms with E-state index in [0.717, 1.165) is 18.6 Å². The van der Waals surface area contributed by atoms with E-state index in [2.05, 4.69) is 9.98 Å². The highest BCUT2D eigenvalue weighted by atomic mass is 19.4. The molecule has 0 atom stereocenters. The SMILES string of the molecule is FC(F)(F)C1=CC=[N+]C=N1. The van der Waals surface area contributed by atoms with Crippen molar-refractivity contribution in [3.05, 3.63) is 11.8 Å². The maximum Gasteiger partial charge on any atom is 0.458 e. The highest BCUT2D eigenvalue weighted by Gasteiger charge is 2.38. The van der Waals surface area contributed by atoms with Crippen LogP contribution in [-0.4, -0.2) is 18.7 Å². The molecule has 0 saturated heterocycles. The van der Waals surface area contributed by atoms with Gasteiger partial charge < -0.3 is 0 Å². The zero-order valence-corrected chi connectivity index (χ0v) is 4.76. The number of halogens is 3. The second-order valence-corrected chi connectivity index (χ2v) is 1.59. The molecular formula is C5H3F3N2+. The summed E-state index contributed by atoms with van der Waals surface area (Å²) in [6.45, 7) is 0. The maximum absolute atomic E-state index is 11.7. The molecule has 0 amide bonds. The first-order valence-corrected chi connectivity index (χ1v) is 2.44. The Labute approximate surface area is 54.8 Å². The predicted molar refractivity (Wildman–Crippen MR) is 30.8 cm³/mol. The van der Waals surface area contributed by atoms with E-state index in [1.165, 1.54) is 0 Å². The van der Waals surface area contributed by atoms with E-state index >= 15 is 0 Å². The Morgan fingerprint density at radius 3 is 2.40 bits per heavy atom. The highest BCUT2D eigenvalue weighted by molar-refractivity contribution is 5.81. The molecule has 5 heteroatoms. The van der Waals surface area contributed by atoms with Crippen molar-refractivity contribution >= 4 is 12.6 Å². The molecule has 1 aliphatic heterocycles. The van der Waals surface area contributed by atoms with Gasteiger partial charge in [0.1, 0.15) is 6.21 Å². The molecule has 1 heterocycles. The molecule has 0 spiro atoms. The second kappa shape index (κ2) is 2.24. The third-order valence-electron chi connectivity index (χ3n) is 0.872. The molecule has 1 aliphatic rings. The van der Waals surface area contributed by atoms with Gasteiger partial charge in [-0.05, 0) is 4.99 Å². The molecule has 0 aromatic rings. The number of rotatable bonds is 0. The van der Waals surface area contributed by atoms with Crippen LogP contribution in [0.3, 0.4) is 0 Å². The predicted octanol–water partition coefficient (Wildman–Crippen LogP) is 0.881. The van der Waals surface area contributed by atoms with Crippen molar-refractivity contribution in [2.75, 3.05) is 0 Å². The summed E-state index contributed by atoms with van der Waals surface area (Å²) in [5.74, 6) is 0. The van der Waals surface area contributed by atoms with E-state index < -0.39 is 11.9 Å². The normalized spacial score (nSPS) is 17.3. The Bertz CT molecular complexity index is 211. The molecular weight excluding hydrogens is 145 g/mol. The van der Waals surface area contributed by atoms with Crippen LogP contribution in [0.1, 0.15) is 0 Å². The van der Waals surface area contributed by atoms with Gasteiger partial charge in [0, 0.05) is 6.08 Å². The Balaban J connectivity index is 2.85. The van der Waals surface area contributed by atoms with Gasteiger partial charge in [0.2, 0.25) is 0 Å². The first-order valence-electron chi connectivity index (χ1n) is 2.44. The average Bonchev–Trinajstić information content (AvgIpc) is 1.88. The van der Waals surface area contributed by atoms with Gasteiger partial charge in [-0.15, -0.1) is 0 Å². The topological polar surface area (TPSA) is 26.5 Å². The molecule has 0 unspecified atom stereocenters. The summed E-state index contributed by atoms with van der Waals surface area (Å²) < 4.78 is 35.1. The minimum atomic E-state index is -4.36. The molecule has 10 heavy (non-hydrogen) atoms. The van der Waals surface area contributed by atoms with E-state index in [1.54, 1.807) is 0 Å². The van der Waals surface area contributed by atoms with Gasteiger partial charge in [0.25, 0.3) is 5.70 Å². The fourth-order valence-corrected chi connectivity index (χ4v) is 0.458. The van der Waals surface area contributed by atoms with Crippen LogP contribution in [0.2, 0.25) is 0 Å². The van der Waals surface area contributed by atoms with Crippen LogP contribution in [0, 0.1) is 0 Å². The van der Waals surface area contributed by atoms with Crippen LogP contribution in [0.25, 0.3) is 0 Å². The van der Waals surface area contributed by atoms with Gasteiger partial charge in [-0.2, -0.15) is 13.2 Å². The van der Waals surface area contributed by atoms with Gasteiger partial charge in [0.05, 0.1) is 0 Å². The molecule has 0 aliphatic carbocycles. The van der Waals surface area contributed by atoms with E-state index in [9.17, 15) is 13.2 Å². The Hall–Kier alpha value is -1.13. The summed E-state index contributed by atoms with van der Waals surface area (Å²) in [4.78, 5) is 6.36. The van der Waals surface area contributed by atoms with Crippen LogP contribution in [0.15, 0.2) is 16.8 Å². The fourth-order valence-electron chi connectivity index (χ4n) is 0.458. The molecule has 1 rings (SSSR count). The number of alkyl halides is 3. The zero-order chi connectivity index (χ0) is 7.61. The quantitative estimate of drug-likeness (QED) is 0.487. The lowest BCUT2D eigenvalue weighted by Crippen LogP contribution is -2.13. The van der Waals surface area contributed by atoms with Crippen LogP contribution < -0.4 is 4.99 Å². The second-order valence-electron chi connectivity index (χ2n) is 1.59. The van der Waals surface area contributed by atoms with E-state index in [0.29, 0.717) is 0 Å². The molecule has 0 N–H and O–H groups in total. The largest absolute Gasteiger partial charge is 0.458 e. The monoisotopic (exact) mass is 148 g/mol. The van der Waals surface area contributed by atoms with E-state index in [1.807, 2.05) is 0 Å². The van der Waals surface area contributed by atoms with Gasteiger partial charge >= 0.3 is 12.5 Å². The summed E-state index contributed by atoms with van der Waals surface area (Å²) >= 11 is 0. The van der Waals surface area contributed by atoms with Crippen molar-refractivity contribution in [3.8, 4) is 0 Å². The molecule has 0 bridgehead atoms. The molecule has 1 radical (unpaired) electrons. The lowest BCUT2D eigenvalue weighted by Gasteiger charge is -1.98. The third-order valence-corrected chi connectivity index (χ3v) is 0.872. The Kier molecular flexibility index (Phi) is 1.57. The van der Waals surface area contributed by atoms with Crippen molar-refractivity contribution in [2.24, 2.45) is 4.99 Å². The first kappa shape index (κ1) is 6.98. The van der Waals surface area contributed by atoms with Crippen LogP contribution in [-0.2, 0) is 0 Å². The number of nitrogens with zero attached hydrogens (tertiary/aromatic N) is 2. The standard InChI is InChI=1S/C5H3F3N2/c6-5(7,8)4-1-2-9-3-10-4/h1-3H/q+1. The van der Waals surface area contributed by atoms with Crippen molar-refractivity contribution in [2.45, 2.75) is 6.18 Å². The molecule has 0 saturated carbocycles. The van der Waals surface area contributed by atoms with E-state index in [-0.39, 0.29) is 0 Å². The lowest BCUT2D eigenvalue weighted by atomic mass is 10.4. The molecule has 0 aromatic heterocycles. The van der Waals surface area contributed by atoms with E-state index in [4.69, 9.17) is 0 Å². The number of allylic oxidation sites excluding steroid dienone is 2. The summed E-state index contributed by atoms with van der Waals surface area (Å²) in [6.07, 6.45) is -1.62. The molecule has 2 nitrogen and oxygen atoms in total.